The fraction of sp³-hybridized carbons (Fsp3) is 0.353. The van der Waals surface area contributed by atoms with E-state index in [-0.39, 0.29) is 5.82 Å². The molecular weight excluding hydrogens is 309 g/mol. The summed E-state index contributed by atoms with van der Waals surface area (Å²) in [5.41, 5.74) is 1.46. The third-order valence-corrected chi connectivity index (χ3v) is 4.34. The molecule has 3 aromatic rings. The van der Waals surface area contributed by atoms with Crippen LogP contribution >= 0.6 is 0 Å². The van der Waals surface area contributed by atoms with E-state index in [1.54, 1.807) is 12.3 Å². The van der Waals surface area contributed by atoms with Gasteiger partial charge < -0.3 is 9.42 Å². The van der Waals surface area contributed by atoms with Crippen molar-refractivity contribution < 1.29 is 8.91 Å². The van der Waals surface area contributed by atoms with Gasteiger partial charge in [0.15, 0.2) is 5.82 Å². The van der Waals surface area contributed by atoms with E-state index >= 15 is 0 Å². The monoisotopic (exact) mass is 327 g/mol. The number of aromatic nitrogens is 3. The normalized spacial score (nSPS) is 16.0. The number of anilines is 1. The summed E-state index contributed by atoms with van der Waals surface area (Å²) in [6, 6.07) is 7.06. The molecule has 24 heavy (non-hydrogen) atoms. The molecule has 1 fully saturated rings. The quantitative estimate of drug-likeness (QED) is 0.736. The van der Waals surface area contributed by atoms with Crippen LogP contribution < -0.4 is 4.90 Å². The van der Waals surface area contributed by atoms with E-state index in [1.165, 1.54) is 6.07 Å². The number of pyridine rings is 1. The maximum atomic E-state index is 13.9. The molecule has 4 rings (SSSR count). The molecule has 0 amide bonds. The number of fused-ring (bicyclic) bond motifs is 1. The smallest absolute Gasteiger partial charge is 0.240 e. The van der Waals surface area contributed by atoms with Crippen LogP contribution in [-0.4, -0.2) is 46.2 Å². The van der Waals surface area contributed by atoms with E-state index < -0.39 is 0 Å². The molecule has 1 aliphatic rings. The van der Waals surface area contributed by atoms with Crippen LogP contribution in [-0.2, 0) is 6.54 Å². The summed E-state index contributed by atoms with van der Waals surface area (Å²) >= 11 is 0. The van der Waals surface area contributed by atoms with Gasteiger partial charge in [-0.15, -0.1) is 0 Å². The maximum Gasteiger partial charge on any atom is 0.240 e. The van der Waals surface area contributed by atoms with Crippen LogP contribution in [0.4, 0.5) is 10.1 Å². The van der Waals surface area contributed by atoms with E-state index in [0.29, 0.717) is 23.8 Å². The first-order valence-electron chi connectivity index (χ1n) is 8.00. The lowest BCUT2D eigenvalue weighted by molar-refractivity contribution is 0.215. The van der Waals surface area contributed by atoms with Crippen molar-refractivity contribution in [2.24, 2.45) is 0 Å². The minimum Gasteiger partial charge on any atom is -0.368 e. The van der Waals surface area contributed by atoms with Crippen molar-refractivity contribution in [3.05, 3.63) is 48.0 Å². The molecule has 0 radical (unpaired) electrons. The molecule has 0 aliphatic carbocycles. The average molecular weight is 327 g/mol. The van der Waals surface area contributed by atoms with Crippen LogP contribution in [0.1, 0.15) is 11.7 Å². The Morgan fingerprint density at radius 2 is 2.00 bits per heavy atom. The average Bonchev–Trinajstić information content (AvgIpc) is 3.01. The second kappa shape index (κ2) is 6.16. The van der Waals surface area contributed by atoms with Crippen molar-refractivity contribution in [2.75, 3.05) is 31.1 Å². The summed E-state index contributed by atoms with van der Waals surface area (Å²) in [5.74, 6) is 1.03. The number of para-hydroxylation sites is 1. The zero-order valence-corrected chi connectivity index (χ0v) is 13.4. The molecule has 0 atom stereocenters. The van der Waals surface area contributed by atoms with Crippen LogP contribution in [0.25, 0.3) is 10.9 Å². The Bertz CT molecular complexity index is 857. The first kappa shape index (κ1) is 15.0. The zero-order valence-electron chi connectivity index (χ0n) is 13.4. The summed E-state index contributed by atoms with van der Waals surface area (Å²) in [4.78, 5) is 13.0. The number of rotatable bonds is 3. The molecule has 0 saturated carbocycles. The molecule has 0 spiro atoms. The van der Waals surface area contributed by atoms with Gasteiger partial charge in [0.1, 0.15) is 11.3 Å². The highest BCUT2D eigenvalue weighted by Gasteiger charge is 2.21. The minimum atomic E-state index is -0.278. The molecule has 1 aliphatic heterocycles. The van der Waals surface area contributed by atoms with Gasteiger partial charge in [-0.1, -0.05) is 17.3 Å². The van der Waals surface area contributed by atoms with Gasteiger partial charge in [0.05, 0.1) is 6.54 Å². The van der Waals surface area contributed by atoms with Crippen LogP contribution in [0, 0.1) is 12.7 Å². The lowest BCUT2D eigenvalue weighted by atomic mass is 10.1. The Morgan fingerprint density at radius 3 is 2.75 bits per heavy atom. The van der Waals surface area contributed by atoms with Gasteiger partial charge in [0.25, 0.3) is 0 Å². The molecule has 0 unspecified atom stereocenters. The molecule has 1 aromatic carbocycles. The predicted molar refractivity (Wildman–Crippen MR) is 88.2 cm³/mol. The summed E-state index contributed by atoms with van der Waals surface area (Å²) in [7, 11) is 0. The fourth-order valence-electron chi connectivity index (χ4n) is 3.14. The molecule has 0 bridgehead atoms. The van der Waals surface area contributed by atoms with Crippen molar-refractivity contribution in [1.82, 2.24) is 20.0 Å². The molecule has 3 heterocycles. The maximum absolute atomic E-state index is 13.9. The lowest BCUT2D eigenvalue weighted by Crippen LogP contribution is -2.46. The summed E-state index contributed by atoms with van der Waals surface area (Å²) in [6.07, 6.45) is 1.67. The van der Waals surface area contributed by atoms with E-state index in [4.69, 9.17) is 4.52 Å². The van der Waals surface area contributed by atoms with Gasteiger partial charge >= 0.3 is 0 Å². The third kappa shape index (κ3) is 2.82. The Labute approximate surface area is 138 Å². The molecule has 2 aromatic heterocycles. The highest BCUT2D eigenvalue weighted by Crippen LogP contribution is 2.27. The second-order valence-corrected chi connectivity index (χ2v) is 5.96. The Hall–Kier alpha value is -2.54. The summed E-state index contributed by atoms with van der Waals surface area (Å²) in [5, 5.41) is 4.68. The van der Waals surface area contributed by atoms with Gasteiger partial charge in [0, 0.05) is 43.4 Å². The first-order chi connectivity index (χ1) is 11.7. The second-order valence-electron chi connectivity index (χ2n) is 5.96. The standard InChI is InChI=1S/C17H18FN5O/c1-12-20-16(24-21-12)11-22-7-9-23(10-8-22)15-5-6-19-17-13(15)3-2-4-14(17)18/h2-6H,7-11H2,1H3. The van der Waals surface area contributed by atoms with Crippen molar-refractivity contribution in [3.63, 3.8) is 0 Å². The van der Waals surface area contributed by atoms with Crippen molar-refractivity contribution in [1.29, 1.82) is 0 Å². The van der Waals surface area contributed by atoms with Gasteiger partial charge in [-0.3, -0.25) is 9.88 Å². The van der Waals surface area contributed by atoms with E-state index in [2.05, 4.69) is 24.9 Å². The number of hydrogen-bond donors (Lipinski definition) is 0. The van der Waals surface area contributed by atoms with Crippen molar-refractivity contribution >= 4 is 16.6 Å². The molecule has 7 heteroatoms. The number of benzene rings is 1. The van der Waals surface area contributed by atoms with E-state index in [9.17, 15) is 4.39 Å². The van der Waals surface area contributed by atoms with Gasteiger partial charge in [0.2, 0.25) is 5.89 Å². The number of halogens is 1. The van der Waals surface area contributed by atoms with Gasteiger partial charge in [-0.2, -0.15) is 4.98 Å². The Kier molecular flexibility index (Phi) is 3.86. The van der Waals surface area contributed by atoms with E-state index in [1.807, 2.05) is 19.1 Å². The van der Waals surface area contributed by atoms with Gasteiger partial charge in [-0.25, -0.2) is 4.39 Å². The molecule has 1 saturated heterocycles. The van der Waals surface area contributed by atoms with E-state index in [0.717, 1.165) is 37.3 Å². The largest absolute Gasteiger partial charge is 0.368 e. The first-order valence-corrected chi connectivity index (χ1v) is 8.00. The molecule has 0 N–H and O–H groups in total. The van der Waals surface area contributed by atoms with Crippen LogP contribution in [0.2, 0.25) is 0 Å². The lowest BCUT2D eigenvalue weighted by Gasteiger charge is -2.35. The molecule has 6 nitrogen and oxygen atoms in total. The number of hydrogen-bond acceptors (Lipinski definition) is 6. The minimum absolute atomic E-state index is 0.278. The predicted octanol–water partition coefficient (Wildman–Crippen LogP) is 2.39. The SMILES string of the molecule is Cc1noc(CN2CCN(c3ccnc4c(F)cccc34)CC2)n1. The van der Waals surface area contributed by atoms with Crippen molar-refractivity contribution in [3.8, 4) is 0 Å². The Balaban J connectivity index is 1.49. The Morgan fingerprint density at radius 1 is 1.17 bits per heavy atom. The number of piperazine rings is 1. The summed E-state index contributed by atoms with van der Waals surface area (Å²) < 4.78 is 19.1. The summed E-state index contributed by atoms with van der Waals surface area (Å²) in [6.45, 7) is 5.99. The fourth-order valence-corrected chi connectivity index (χ4v) is 3.14. The number of aryl methyl sites for hydroxylation is 1. The highest BCUT2D eigenvalue weighted by atomic mass is 19.1. The highest BCUT2D eigenvalue weighted by molar-refractivity contribution is 5.91. The van der Waals surface area contributed by atoms with Crippen molar-refractivity contribution in [2.45, 2.75) is 13.5 Å². The third-order valence-electron chi connectivity index (χ3n) is 4.34. The van der Waals surface area contributed by atoms with Gasteiger partial charge in [-0.05, 0) is 19.1 Å². The van der Waals surface area contributed by atoms with Crippen LogP contribution in [0.15, 0.2) is 35.0 Å². The molecular formula is C17H18FN5O. The molecule has 124 valence electrons. The number of nitrogens with zero attached hydrogens (tertiary/aromatic N) is 5. The topological polar surface area (TPSA) is 58.3 Å². The van der Waals surface area contributed by atoms with Crippen LogP contribution in [0.3, 0.4) is 0 Å². The van der Waals surface area contributed by atoms with Crippen LogP contribution in [0.5, 0.6) is 0 Å². The zero-order chi connectivity index (χ0) is 16.5.